The molecule has 0 bridgehead atoms. The lowest BCUT2D eigenvalue weighted by molar-refractivity contribution is 0.111. The molecule has 0 amide bonds. The van der Waals surface area contributed by atoms with Crippen molar-refractivity contribution in [1.82, 2.24) is 9.97 Å². The topological polar surface area (TPSA) is 45.8 Å². The van der Waals surface area contributed by atoms with Gasteiger partial charge in [-0.05, 0) is 13.8 Å². The van der Waals surface area contributed by atoms with Crippen LogP contribution in [0.15, 0.2) is 0 Å². The van der Waals surface area contributed by atoms with Crippen molar-refractivity contribution >= 4 is 6.29 Å². The Morgan fingerprint density at radius 1 is 1.56 bits per heavy atom. The van der Waals surface area contributed by atoms with Crippen LogP contribution in [0.25, 0.3) is 0 Å². The Morgan fingerprint density at radius 2 is 2.22 bits per heavy atom. The van der Waals surface area contributed by atoms with Gasteiger partial charge in [-0.1, -0.05) is 0 Å². The van der Waals surface area contributed by atoms with Crippen LogP contribution in [0.2, 0.25) is 0 Å². The van der Waals surface area contributed by atoms with E-state index >= 15 is 0 Å². The maximum absolute atomic E-state index is 10.1. The molecule has 48 valence electrons. The minimum absolute atomic E-state index is 0.407. The fraction of sp³-hybridized carbons (Fsp3) is 0.333. The summed E-state index contributed by atoms with van der Waals surface area (Å²) in [4.78, 5) is 16.8. The lowest BCUT2D eigenvalue weighted by atomic mass is 10.4. The number of aryl methyl sites for hydroxylation is 2. The fourth-order valence-corrected chi connectivity index (χ4v) is 0.631. The number of carbonyl (C=O) groups excluding carboxylic acids is 1. The highest BCUT2D eigenvalue weighted by atomic mass is 16.1. The number of aromatic amines is 1. The smallest absolute Gasteiger partial charge is 0.185 e. The normalized spacial score (nSPS) is 9.56. The highest BCUT2D eigenvalue weighted by Crippen LogP contribution is 1.99. The molecule has 1 aromatic rings. The molecule has 0 radical (unpaired) electrons. The molecular weight excluding hydrogens is 116 g/mol. The van der Waals surface area contributed by atoms with Crippen molar-refractivity contribution in [2.45, 2.75) is 13.8 Å². The third-order valence-electron chi connectivity index (χ3n) is 1.26. The number of carbonyl (C=O) groups is 1. The van der Waals surface area contributed by atoms with Crippen molar-refractivity contribution in [3.8, 4) is 0 Å². The van der Waals surface area contributed by atoms with Crippen LogP contribution in [0.3, 0.4) is 0 Å². The van der Waals surface area contributed by atoms with E-state index in [0.717, 1.165) is 11.4 Å². The van der Waals surface area contributed by atoms with Gasteiger partial charge in [0, 0.05) is 5.69 Å². The summed E-state index contributed by atoms with van der Waals surface area (Å²) in [6.45, 7) is 3.74. The average molecular weight is 124 g/mol. The number of rotatable bonds is 1. The largest absolute Gasteiger partial charge is 0.340 e. The Hall–Kier alpha value is -1.12. The summed E-state index contributed by atoms with van der Waals surface area (Å²) in [6.07, 6.45) is 0.708. The molecule has 0 saturated carbocycles. The molecule has 0 aliphatic carbocycles. The second-order valence-corrected chi connectivity index (χ2v) is 1.95. The number of imidazole rings is 1. The highest BCUT2D eigenvalue weighted by molar-refractivity contribution is 5.69. The summed E-state index contributed by atoms with van der Waals surface area (Å²) in [5, 5.41) is 0. The van der Waals surface area contributed by atoms with Gasteiger partial charge < -0.3 is 4.98 Å². The molecule has 1 heterocycles. The molecule has 1 N–H and O–H groups in total. The first-order chi connectivity index (χ1) is 4.24. The van der Waals surface area contributed by atoms with Gasteiger partial charge in [0.2, 0.25) is 0 Å². The van der Waals surface area contributed by atoms with Crippen molar-refractivity contribution < 1.29 is 4.79 Å². The number of hydrogen-bond donors (Lipinski definition) is 1. The second-order valence-electron chi connectivity index (χ2n) is 1.95. The Bertz CT molecular complexity index is 207. The third kappa shape index (κ3) is 0.988. The van der Waals surface area contributed by atoms with E-state index in [2.05, 4.69) is 9.97 Å². The maximum Gasteiger partial charge on any atom is 0.185 e. The number of hydrogen-bond acceptors (Lipinski definition) is 2. The van der Waals surface area contributed by atoms with Crippen LogP contribution >= 0.6 is 0 Å². The van der Waals surface area contributed by atoms with Gasteiger partial charge in [-0.3, -0.25) is 4.79 Å². The van der Waals surface area contributed by atoms with Crippen LogP contribution < -0.4 is 0 Å². The molecule has 3 heteroatoms. The van der Waals surface area contributed by atoms with Gasteiger partial charge in [-0.2, -0.15) is 0 Å². The standard InChI is InChI=1S/C6H8N2O/c1-4-5(2)8-6(3-9)7-4/h3H,1-2H3,(H,7,8). The minimum Gasteiger partial charge on any atom is -0.340 e. The molecule has 1 aromatic heterocycles. The molecule has 9 heavy (non-hydrogen) atoms. The van der Waals surface area contributed by atoms with Crippen LogP contribution in [0.5, 0.6) is 0 Å². The zero-order valence-corrected chi connectivity index (χ0v) is 5.43. The van der Waals surface area contributed by atoms with Gasteiger partial charge in [0.15, 0.2) is 12.1 Å². The van der Waals surface area contributed by atoms with E-state index in [0.29, 0.717) is 12.1 Å². The summed E-state index contributed by atoms with van der Waals surface area (Å²) < 4.78 is 0. The molecular formula is C6H8N2O. The van der Waals surface area contributed by atoms with E-state index in [4.69, 9.17) is 0 Å². The number of nitrogens with one attached hydrogen (secondary N) is 1. The van der Waals surface area contributed by atoms with Crippen LogP contribution in [0, 0.1) is 13.8 Å². The Balaban J connectivity index is 3.11. The summed E-state index contributed by atoms with van der Waals surface area (Å²) in [5.74, 6) is 0.407. The van der Waals surface area contributed by atoms with E-state index in [1.165, 1.54) is 0 Å². The van der Waals surface area contributed by atoms with Crippen molar-refractivity contribution in [3.63, 3.8) is 0 Å². The van der Waals surface area contributed by atoms with Gasteiger partial charge in [-0.15, -0.1) is 0 Å². The van der Waals surface area contributed by atoms with Crippen molar-refractivity contribution in [2.24, 2.45) is 0 Å². The van der Waals surface area contributed by atoms with Crippen LogP contribution in [-0.2, 0) is 0 Å². The first-order valence-electron chi connectivity index (χ1n) is 2.72. The summed E-state index contributed by atoms with van der Waals surface area (Å²) in [5.41, 5.74) is 1.84. The summed E-state index contributed by atoms with van der Waals surface area (Å²) in [7, 11) is 0. The summed E-state index contributed by atoms with van der Waals surface area (Å²) >= 11 is 0. The number of aldehydes is 1. The fourth-order valence-electron chi connectivity index (χ4n) is 0.631. The molecule has 1 rings (SSSR count). The van der Waals surface area contributed by atoms with E-state index in [1.807, 2.05) is 13.8 Å². The van der Waals surface area contributed by atoms with E-state index in [9.17, 15) is 4.79 Å². The molecule has 0 fully saturated rings. The van der Waals surface area contributed by atoms with Crippen LogP contribution in [-0.4, -0.2) is 16.3 Å². The molecule has 0 atom stereocenters. The molecule has 0 spiro atoms. The van der Waals surface area contributed by atoms with Crippen molar-refractivity contribution in [2.75, 3.05) is 0 Å². The molecule has 0 unspecified atom stereocenters. The van der Waals surface area contributed by atoms with Gasteiger partial charge in [0.1, 0.15) is 0 Å². The highest BCUT2D eigenvalue weighted by Gasteiger charge is 1.97. The quantitative estimate of drug-likeness (QED) is 0.564. The lowest BCUT2D eigenvalue weighted by Crippen LogP contribution is -1.80. The lowest BCUT2D eigenvalue weighted by Gasteiger charge is -1.79. The zero-order valence-electron chi connectivity index (χ0n) is 5.43. The molecule has 0 saturated heterocycles. The molecule has 0 aliphatic rings. The Kier molecular flexibility index (Phi) is 1.34. The van der Waals surface area contributed by atoms with Crippen molar-refractivity contribution in [1.29, 1.82) is 0 Å². The van der Waals surface area contributed by atoms with Crippen LogP contribution in [0.4, 0.5) is 0 Å². The first-order valence-corrected chi connectivity index (χ1v) is 2.72. The predicted octanol–water partition coefficient (Wildman–Crippen LogP) is 0.839. The molecule has 0 aliphatic heterocycles. The van der Waals surface area contributed by atoms with Gasteiger partial charge in [-0.25, -0.2) is 4.98 Å². The van der Waals surface area contributed by atoms with E-state index in [1.54, 1.807) is 0 Å². The number of H-pyrrole nitrogens is 1. The second kappa shape index (κ2) is 2.01. The SMILES string of the molecule is Cc1nc(C=O)[nH]c1C. The maximum atomic E-state index is 10.1. The number of nitrogens with zero attached hydrogens (tertiary/aromatic N) is 1. The minimum atomic E-state index is 0.407. The zero-order chi connectivity index (χ0) is 6.85. The predicted molar refractivity (Wildman–Crippen MR) is 33.4 cm³/mol. The van der Waals surface area contributed by atoms with Gasteiger partial charge >= 0.3 is 0 Å². The van der Waals surface area contributed by atoms with E-state index in [-0.39, 0.29) is 0 Å². The van der Waals surface area contributed by atoms with Gasteiger partial charge in [0.05, 0.1) is 5.69 Å². The Labute approximate surface area is 53.1 Å². The molecule has 0 aromatic carbocycles. The average Bonchev–Trinajstić information content (AvgIpc) is 2.13. The third-order valence-corrected chi connectivity index (χ3v) is 1.26. The van der Waals surface area contributed by atoms with Crippen molar-refractivity contribution in [3.05, 3.63) is 17.2 Å². The summed E-state index contributed by atoms with van der Waals surface area (Å²) in [6, 6.07) is 0. The molecule has 3 nitrogen and oxygen atoms in total. The first kappa shape index (κ1) is 6.01. The Morgan fingerprint density at radius 3 is 2.44 bits per heavy atom. The number of aromatic nitrogens is 2. The van der Waals surface area contributed by atoms with Crippen LogP contribution in [0.1, 0.15) is 22.0 Å². The van der Waals surface area contributed by atoms with Gasteiger partial charge in [0.25, 0.3) is 0 Å². The monoisotopic (exact) mass is 124 g/mol. The van der Waals surface area contributed by atoms with E-state index < -0.39 is 0 Å².